The molecule has 0 unspecified atom stereocenters. The van der Waals surface area contributed by atoms with Crippen molar-refractivity contribution in [3.63, 3.8) is 0 Å². The van der Waals surface area contributed by atoms with Crippen molar-refractivity contribution in [1.82, 2.24) is 0 Å². The first-order valence-electron chi connectivity index (χ1n) is 4.27. The van der Waals surface area contributed by atoms with E-state index in [0.717, 1.165) is 6.61 Å². The maximum Gasteiger partial charge on any atom is 0.161 e. The van der Waals surface area contributed by atoms with Gasteiger partial charge in [0.15, 0.2) is 9.76 Å². The number of ether oxygens (including phenoxy) is 1. The Morgan fingerprint density at radius 2 is 2.09 bits per heavy atom. The van der Waals surface area contributed by atoms with Crippen molar-refractivity contribution < 1.29 is 9.16 Å². The van der Waals surface area contributed by atoms with Gasteiger partial charge in [0.2, 0.25) is 0 Å². The molecule has 0 saturated heterocycles. The van der Waals surface area contributed by atoms with Gasteiger partial charge in [-0.15, -0.1) is 0 Å². The summed E-state index contributed by atoms with van der Waals surface area (Å²) in [5.74, 6) is 0. The second-order valence-electron chi connectivity index (χ2n) is 2.37. The van der Waals surface area contributed by atoms with Gasteiger partial charge in [0.05, 0.1) is 19.8 Å². The monoisotopic (exact) mass is 177 g/mol. The Balaban J connectivity index is 2.69. The van der Waals surface area contributed by atoms with E-state index in [1.54, 1.807) is 0 Å². The summed E-state index contributed by atoms with van der Waals surface area (Å²) in [4.78, 5) is 0. The van der Waals surface area contributed by atoms with Gasteiger partial charge in [-0.2, -0.15) is 0 Å². The first-order chi connectivity index (χ1) is 5.41. The van der Waals surface area contributed by atoms with Gasteiger partial charge < -0.3 is 14.9 Å². The lowest BCUT2D eigenvalue weighted by Crippen LogP contribution is -2.12. The molecule has 4 heteroatoms. The minimum Gasteiger partial charge on any atom is -0.422 e. The van der Waals surface area contributed by atoms with E-state index in [2.05, 4.69) is 6.92 Å². The fraction of sp³-hybridized carbons (Fsp3) is 1.00. The number of nitrogens with two attached hydrogens (primary N) is 1. The lowest BCUT2D eigenvalue weighted by atomic mass is 10.6. The highest BCUT2D eigenvalue weighted by Crippen LogP contribution is 1.86. The van der Waals surface area contributed by atoms with Crippen molar-refractivity contribution in [2.45, 2.75) is 19.4 Å². The van der Waals surface area contributed by atoms with Crippen LogP contribution in [0.4, 0.5) is 0 Å². The molecule has 68 valence electrons. The zero-order valence-corrected chi connectivity index (χ0v) is 8.76. The Labute approximate surface area is 71.2 Å². The van der Waals surface area contributed by atoms with Gasteiger partial charge in [-0.05, 0) is 6.04 Å². The van der Waals surface area contributed by atoms with Gasteiger partial charge in [0, 0.05) is 6.54 Å². The predicted molar refractivity (Wildman–Crippen MR) is 49.5 cm³/mol. The molecule has 0 radical (unpaired) electrons. The first kappa shape index (κ1) is 11.1. The quantitative estimate of drug-likeness (QED) is 0.416. The molecule has 0 heterocycles. The summed E-state index contributed by atoms with van der Waals surface area (Å²) < 4.78 is 10.5. The van der Waals surface area contributed by atoms with Crippen LogP contribution in [0.5, 0.6) is 0 Å². The highest BCUT2D eigenvalue weighted by Gasteiger charge is 1.88. The molecule has 11 heavy (non-hydrogen) atoms. The first-order valence-corrected chi connectivity index (χ1v) is 5.85. The molecular formula is C7H19NO2Si. The zero-order valence-electron chi connectivity index (χ0n) is 7.34. The highest BCUT2D eigenvalue weighted by atomic mass is 28.2. The molecule has 3 nitrogen and oxygen atoms in total. The van der Waals surface area contributed by atoms with E-state index in [-0.39, 0.29) is 9.76 Å². The van der Waals surface area contributed by atoms with Crippen LogP contribution in [0.3, 0.4) is 0 Å². The maximum absolute atomic E-state index is 5.39. The third-order valence-electron chi connectivity index (χ3n) is 1.28. The Kier molecular flexibility index (Phi) is 10.2. The second kappa shape index (κ2) is 10.1. The highest BCUT2D eigenvalue weighted by molar-refractivity contribution is 6.26. The van der Waals surface area contributed by atoms with E-state index in [4.69, 9.17) is 14.9 Å². The molecule has 0 spiro atoms. The summed E-state index contributed by atoms with van der Waals surface area (Å²) >= 11 is 0. The minimum absolute atomic E-state index is 0.234. The molecule has 0 saturated carbocycles. The molecule has 0 aromatic carbocycles. The minimum atomic E-state index is -0.234. The van der Waals surface area contributed by atoms with E-state index in [1.165, 1.54) is 12.5 Å². The topological polar surface area (TPSA) is 44.5 Å². The molecule has 0 aromatic rings. The van der Waals surface area contributed by atoms with Gasteiger partial charge in [-0.1, -0.05) is 13.3 Å². The van der Waals surface area contributed by atoms with Crippen LogP contribution in [-0.4, -0.2) is 36.1 Å². The Morgan fingerprint density at radius 3 is 2.73 bits per heavy atom. The Morgan fingerprint density at radius 1 is 1.27 bits per heavy atom. The van der Waals surface area contributed by atoms with Gasteiger partial charge in [0.1, 0.15) is 0 Å². The van der Waals surface area contributed by atoms with Crippen LogP contribution in [0.1, 0.15) is 13.3 Å². The molecule has 2 N–H and O–H groups in total. The fourth-order valence-corrected chi connectivity index (χ4v) is 1.47. The second-order valence-corrected chi connectivity index (χ2v) is 3.89. The average molecular weight is 177 g/mol. The van der Waals surface area contributed by atoms with Crippen LogP contribution < -0.4 is 5.73 Å². The Hall–Kier alpha value is 0.0969. The van der Waals surface area contributed by atoms with Crippen molar-refractivity contribution in [2.24, 2.45) is 5.73 Å². The molecular weight excluding hydrogens is 158 g/mol. The number of hydrogen-bond acceptors (Lipinski definition) is 3. The van der Waals surface area contributed by atoms with Gasteiger partial charge in [-0.25, -0.2) is 0 Å². The van der Waals surface area contributed by atoms with Crippen molar-refractivity contribution in [1.29, 1.82) is 0 Å². The molecule has 0 aliphatic rings. The van der Waals surface area contributed by atoms with Gasteiger partial charge >= 0.3 is 0 Å². The van der Waals surface area contributed by atoms with Crippen LogP contribution in [0, 0.1) is 0 Å². The SMILES string of the molecule is CCC[SiH2]OCCOCCN. The van der Waals surface area contributed by atoms with Crippen molar-refractivity contribution in [2.75, 3.05) is 26.4 Å². The van der Waals surface area contributed by atoms with Crippen molar-refractivity contribution in [3.8, 4) is 0 Å². The smallest absolute Gasteiger partial charge is 0.161 e. The molecule has 0 atom stereocenters. The Bertz CT molecular complexity index is 65.5. The van der Waals surface area contributed by atoms with E-state index in [0.29, 0.717) is 19.8 Å². The molecule has 0 amide bonds. The van der Waals surface area contributed by atoms with Gasteiger partial charge in [0.25, 0.3) is 0 Å². The summed E-state index contributed by atoms with van der Waals surface area (Å²) in [6.45, 7) is 4.90. The van der Waals surface area contributed by atoms with E-state index in [9.17, 15) is 0 Å². The van der Waals surface area contributed by atoms with Crippen LogP contribution >= 0.6 is 0 Å². The zero-order chi connectivity index (χ0) is 8.36. The molecule has 0 bridgehead atoms. The van der Waals surface area contributed by atoms with Crippen LogP contribution in [-0.2, 0) is 9.16 Å². The molecule has 0 aliphatic heterocycles. The molecule has 0 rings (SSSR count). The van der Waals surface area contributed by atoms with Crippen LogP contribution in [0.25, 0.3) is 0 Å². The molecule has 0 aliphatic carbocycles. The number of hydrogen-bond donors (Lipinski definition) is 1. The summed E-state index contributed by atoms with van der Waals surface area (Å²) in [5.41, 5.74) is 5.23. The standard InChI is InChI=1S/C7H19NO2Si/c1-2-7-11-10-6-5-9-4-3-8/h2-8,11H2,1H3. The lowest BCUT2D eigenvalue weighted by Gasteiger charge is -2.03. The van der Waals surface area contributed by atoms with Crippen LogP contribution in [0.15, 0.2) is 0 Å². The van der Waals surface area contributed by atoms with Crippen molar-refractivity contribution >= 4 is 9.76 Å². The largest absolute Gasteiger partial charge is 0.422 e. The predicted octanol–water partition coefficient (Wildman–Crippen LogP) is -0.110. The van der Waals surface area contributed by atoms with Gasteiger partial charge in [-0.3, -0.25) is 0 Å². The lowest BCUT2D eigenvalue weighted by molar-refractivity contribution is 0.107. The third-order valence-corrected chi connectivity index (χ3v) is 2.85. The maximum atomic E-state index is 5.39. The molecule has 0 aromatic heterocycles. The third kappa shape index (κ3) is 10.1. The summed E-state index contributed by atoms with van der Waals surface area (Å²) in [6.07, 6.45) is 1.25. The van der Waals surface area contributed by atoms with Crippen molar-refractivity contribution in [3.05, 3.63) is 0 Å². The summed E-state index contributed by atoms with van der Waals surface area (Å²) in [6, 6.07) is 1.27. The van der Waals surface area contributed by atoms with E-state index >= 15 is 0 Å². The summed E-state index contributed by atoms with van der Waals surface area (Å²) in [7, 11) is -0.234. The molecule has 0 fully saturated rings. The van der Waals surface area contributed by atoms with E-state index in [1.807, 2.05) is 0 Å². The fourth-order valence-electron chi connectivity index (χ4n) is 0.652. The average Bonchev–Trinajstić information content (AvgIpc) is 2.03. The summed E-state index contributed by atoms with van der Waals surface area (Å²) in [5, 5.41) is 0. The van der Waals surface area contributed by atoms with E-state index < -0.39 is 0 Å². The normalized spacial score (nSPS) is 11.5. The van der Waals surface area contributed by atoms with Crippen LogP contribution in [0.2, 0.25) is 6.04 Å². The number of rotatable bonds is 8.